The molecule has 1 aliphatic carbocycles. The Bertz CT molecular complexity index is 234. The maximum atomic E-state index is 12.4. The van der Waals surface area contributed by atoms with E-state index in [0.29, 0.717) is 18.5 Å². The van der Waals surface area contributed by atoms with E-state index in [4.69, 9.17) is 5.73 Å². The smallest absolute Gasteiger partial charge is 0.228 e. The van der Waals surface area contributed by atoms with E-state index in [2.05, 4.69) is 11.8 Å². The second-order valence-corrected chi connectivity index (χ2v) is 5.46. The van der Waals surface area contributed by atoms with E-state index in [-0.39, 0.29) is 5.41 Å². The van der Waals surface area contributed by atoms with Crippen LogP contribution < -0.4 is 5.73 Å². The van der Waals surface area contributed by atoms with Gasteiger partial charge in [-0.3, -0.25) is 4.79 Å². The molecule has 0 aromatic carbocycles. The molecule has 1 saturated carbocycles. The minimum atomic E-state index is -0.218. The van der Waals surface area contributed by atoms with Crippen LogP contribution in [-0.2, 0) is 4.79 Å². The van der Waals surface area contributed by atoms with Crippen LogP contribution in [0.1, 0.15) is 52.9 Å². The van der Waals surface area contributed by atoms with E-state index in [1.807, 2.05) is 13.8 Å². The first-order valence-corrected chi connectivity index (χ1v) is 6.54. The van der Waals surface area contributed by atoms with Gasteiger partial charge in [0.15, 0.2) is 0 Å². The molecule has 0 aromatic rings. The van der Waals surface area contributed by atoms with Crippen LogP contribution in [0.3, 0.4) is 0 Å². The Morgan fingerprint density at radius 2 is 2.06 bits per heavy atom. The van der Waals surface area contributed by atoms with Crippen LogP contribution in [0.25, 0.3) is 0 Å². The van der Waals surface area contributed by atoms with Gasteiger partial charge in [-0.2, -0.15) is 0 Å². The van der Waals surface area contributed by atoms with E-state index >= 15 is 0 Å². The number of carbonyl (C=O) groups excluding carboxylic acids is 1. The van der Waals surface area contributed by atoms with Gasteiger partial charge in [0.25, 0.3) is 0 Å². The topological polar surface area (TPSA) is 46.3 Å². The van der Waals surface area contributed by atoms with Crippen molar-refractivity contribution in [2.45, 2.75) is 58.9 Å². The number of amides is 1. The lowest BCUT2D eigenvalue weighted by molar-refractivity contribution is -0.144. The molecule has 0 heterocycles. The maximum Gasteiger partial charge on any atom is 0.228 e. The van der Waals surface area contributed by atoms with E-state index in [9.17, 15) is 4.79 Å². The lowest BCUT2D eigenvalue weighted by Crippen LogP contribution is -2.50. The maximum absolute atomic E-state index is 12.4. The molecule has 0 unspecified atom stereocenters. The van der Waals surface area contributed by atoms with Gasteiger partial charge in [0, 0.05) is 18.0 Å². The molecular weight excluding hydrogens is 200 g/mol. The number of hydrogen-bond acceptors (Lipinski definition) is 2. The number of nitrogens with two attached hydrogens (primary N) is 1. The Hall–Kier alpha value is -0.570. The summed E-state index contributed by atoms with van der Waals surface area (Å²) < 4.78 is 0. The summed E-state index contributed by atoms with van der Waals surface area (Å²) in [5, 5.41) is 0. The van der Waals surface area contributed by atoms with Gasteiger partial charge in [-0.15, -0.1) is 0 Å². The lowest BCUT2D eigenvalue weighted by atomic mass is 9.84. The summed E-state index contributed by atoms with van der Waals surface area (Å²) in [7, 11) is 0. The SMILES string of the molecule is CCC(C)(C)C(=O)N(CCCN)C1CCC1. The molecule has 0 saturated heterocycles. The highest BCUT2D eigenvalue weighted by Crippen LogP contribution is 2.30. The van der Waals surface area contributed by atoms with E-state index in [1.54, 1.807) is 0 Å². The molecular formula is C13H26N2O. The van der Waals surface area contributed by atoms with Crippen molar-refractivity contribution in [3.63, 3.8) is 0 Å². The molecule has 0 aliphatic heterocycles. The normalized spacial score (nSPS) is 17.0. The molecule has 0 aromatic heterocycles. The van der Waals surface area contributed by atoms with Crippen LogP contribution in [0.5, 0.6) is 0 Å². The zero-order valence-corrected chi connectivity index (χ0v) is 11.0. The average Bonchev–Trinajstić information content (AvgIpc) is 2.20. The second kappa shape index (κ2) is 5.67. The van der Waals surface area contributed by atoms with Crippen molar-refractivity contribution in [3.05, 3.63) is 0 Å². The van der Waals surface area contributed by atoms with Crippen LogP contribution in [0, 0.1) is 5.41 Å². The fourth-order valence-electron chi connectivity index (χ4n) is 1.95. The molecule has 16 heavy (non-hydrogen) atoms. The van der Waals surface area contributed by atoms with Gasteiger partial charge in [0.1, 0.15) is 0 Å². The van der Waals surface area contributed by atoms with Gasteiger partial charge in [0.05, 0.1) is 0 Å². The van der Waals surface area contributed by atoms with Crippen molar-refractivity contribution >= 4 is 5.91 Å². The molecule has 3 heteroatoms. The molecule has 0 radical (unpaired) electrons. The number of hydrogen-bond donors (Lipinski definition) is 1. The van der Waals surface area contributed by atoms with Crippen LogP contribution in [0.15, 0.2) is 0 Å². The van der Waals surface area contributed by atoms with Crippen molar-refractivity contribution in [1.82, 2.24) is 4.90 Å². The third-order valence-corrected chi connectivity index (χ3v) is 3.84. The van der Waals surface area contributed by atoms with Gasteiger partial charge in [-0.1, -0.05) is 20.8 Å². The number of rotatable bonds is 6. The molecule has 2 N–H and O–H groups in total. The van der Waals surface area contributed by atoms with Gasteiger partial charge in [-0.25, -0.2) is 0 Å². The highest BCUT2D eigenvalue weighted by Gasteiger charge is 2.35. The molecule has 0 spiro atoms. The van der Waals surface area contributed by atoms with E-state index < -0.39 is 0 Å². The average molecular weight is 226 g/mol. The largest absolute Gasteiger partial charge is 0.339 e. The predicted octanol–water partition coefficient (Wildman–Crippen LogP) is 2.15. The molecule has 0 atom stereocenters. The Balaban J connectivity index is 2.63. The highest BCUT2D eigenvalue weighted by molar-refractivity contribution is 5.82. The van der Waals surface area contributed by atoms with Crippen LogP contribution in [0.4, 0.5) is 0 Å². The summed E-state index contributed by atoms with van der Waals surface area (Å²) in [5.74, 6) is 0.313. The Morgan fingerprint density at radius 1 is 1.44 bits per heavy atom. The Morgan fingerprint density at radius 3 is 2.44 bits per heavy atom. The molecule has 94 valence electrons. The quantitative estimate of drug-likeness (QED) is 0.754. The zero-order valence-electron chi connectivity index (χ0n) is 11.0. The van der Waals surface area contributed by atoms with Gasteiger partial charge in [0.2, 0.25) is 5.91 Å². The third kappa shape index (κ3) is 2.97. The number of nitrogens with zero attached hydrogens (tertiary/aromatic N) is 1. The molecule has 1 amide bonds. The third-order valence-electron chi connectivity index (χ3n) is 3.84. The van der Waals surface area contributed by atoms with Crippen molar-refractivity contribution in [2.75, 3.05) is 13.1 Å². The molecule has 0 bridgehead atoms. The summed E-state index contributed by atoms with van der Waals surface area (Å²) in [6.07, 6.45) is 5.44. The Labute approximate surface area is 99.4 Å². The predicted molar refractivity (Wildman–Crippen MR) is 67.1 cm³/mol. The summed E-state index contributed by atoms with van der Waals surface area (Å²) in [6, 6.07) is 0.491. The Kier molecular flexibility index (Phi) is 4.78. The molecule has 3 nitrogen and oxygen atoms in total. The van der Waals surface area contributed by atoms with Crippen molar-refractivity contribution in [3.8, 4) is 0 Å². The van der Waals surface area contributed by atoms with Gasteiger partial charge < -0.3 is 10.6 Å². The first-order chi connectivity index (χ1) is 7.53. The van der Waals surface area contributed by atoms with E-state index in [1.165, 1.54) is 19.3 Å². The highest BCUT2D eigenvalue weighted by atomic mass is 16.2. The standard InChI is InChI=1S/C13H26N2O/c1-4-13(2,3)12(16)15(10-6-9-14)11-7-5-8-11/h11H,4-10,14H2,1-3H3. The summed E-state index contributed by atoms with van der Waals surface area (Å²) in [5.41, 5.74) is 5.32. The first kappa shape index (κ1) is 13.5. The second-order valence-electron chi connectivity index (χ2n) is 5.46. The lowest BCUT2D eigenvalue weighted by Gasteiger charge is -2.41. The van der Waals surface area contributed by atoms with E-state index in [0.717, 1.165) is 19.4 Å². The minimum absolute atomic E-state index is 0.218. The van der Waals surface area contributed by atoms with Crippen LogP contribution in [-0.4, -0.2) is 29.9 Å². The molecule has 1 rings (SSSR count). The van der Waals surface area contributed by atoms with Crippen molar-refractivity contribution in [1.29, 1.82) is 0 Å². The van der Waals surface area contributed by atoms with Gasteiger partial charge in [-0.05, 0) is 38.6 Å². The van der Waals surface area contributed by atoms with Crippen LogP contribution >= 0.6 is 0 Å². The summed E-state index contributed by atoms with van der Waals surface area (Å²) in [6.45, 7) is 7.68. The van der Waals surface area contributed by atoms with Gasteiger partial charge >= 0.3 is 0 Å². The van der Waals surface area contributed by atoms with Crippen molar-refractivity contribution in [2.24, 2.45) is 11.1 Å². The molecule has 1 fully saturated rings. The first-order valence-electron chi connectivity index (χ1n) is 6.54. The minimum Gasteiger partial charge on any atom is -0.339 e. The zero-order chi connectivity index (χ0) is 12.2. The van der Waals surface area contributed by atoms with Crippen LogP contribution in [0.2, 0.25) is 0 Å². The fourth-order valence-corrected chi connectivity index (χ4v) is 1.95. The summed E-state index contributed by atoms with van der Waals surface area (Å²) in [4.78, 5) is 14.5. The fraction of sp³-hybridized carbons (Fsp3) is 0.923. The number of carbonyl (C=O) groups is 1. The van der Waals surface area contributed by atoms with Crippen molar-refractivity contribution < 1.29 is 4.79 Å². The monoisotopic (exact) mass is 226 g/mol. The summed E-state index contributed by atoms with van der Waals surface area (Å²) >= 11 is 0. The molecule has 1 aliphatic rings.